The van der Waals surface area contributed by atoms with Crippen LogP contribution in [0.1, 0.15) is 18.4 Å². The molecule has 1 heterocycles. The number of sulfone groups is 1. The van der Waals surface area contributed by atoms with Gasteiger partial charge in [-0.25, -0.2) is 8.42 Å². The number of alkyl halides is 3. The van der Waals surface area contributed by atoms with E-state index >= 15 is 0 Å². The highest BCUT2D eigenvalue weighted by Crippen LogP contribution is 2.36. The van der Waals surface area contributed by atoms with E-state index in [4.69, 9.17) is 4.74 Å². The van der Waals surface area contributed by atoms with Crippen LogP contribution in [-0.2, 0) is 20.8 Å². The second-order valence-corrected chi connectivity index (χ2v) is 6.57. The summed E-state index contributed by atoms with van der Waals surface area (Å²) in [6.07, 6.45) is -3.81. The van der Waals surface area contributed by atoms with Gasteiger partial charge in [0.25, 0.3) is 0 Å². The van der Waals surface area contributed by atoms with E-state index in [9.17, 15) is 21.6 Å². The summed E-state index contributed by atoms with van der Waals surface area (Å²) in [5, 5.41) is -0.898. The molecule has 0 amide bonds. The Kier molecular flexibility index (Phi) is 3.87. The van der Waals surface area contributed by atoms with Gasteiger partial charge >= 0.3 is 6.18 Å². The van der Waals surface area contributed by atoms with Crippen molar-refractivity contribution < 1.29 is 26.3 Å². The molecule has 1 aliphatic heterocycles. The molecule has 1 aliphatic rings. The van der Waals surface area contributed by atoms with E-state index in [1.54, 1.807) is 0 Å². The molecular formula is C12H13F3O3S. The minimum atomic E-state index is -4.68. The second kappa shape index (κ2) is 5.13. The van der Waals surface area contributed by atoms with Crippen LogP contribution in [0.4, 0.5) is 13.2 Å². The molecule has 1 fully saturated rings. The highest BCUT2D eigenvalue weighted by atomic mass is 32.2. The molecule has 0 saturated carbocycles. The average molecular weight is 294 g/mol. The van der Waals surface area contributed by atoms with Gasteiger partial charge in [0, 0.05) is 6.61 Å². The Morgan fingerprint density at radius 2 is 1.89 bits per heavy atom. The maximum Gasteiger partial charge on any atom is 0.417 e. The Hall–Kier alpha value is -1.08. The molecule has 0 N–H and O–H groups in total. The van der Waals surface area contributed by atoms with Gasteiger partial charge in [0.2, 0.25) is 0 Å². The molecule has 1 unspecified atom stereocenters. The van der Waals surface area contributed by atoms with Crippen LogP contribution in [0.15, 0.2) is 29.2 Å². The summed E-state index contributed by atoms with van der Waals surface area (Å²) in [5.74, 6) is 0. The van der Waals surface area contributed by atoms with Gasteiger partial charge in [-0.05, 0) is 25.0 Å². The summed E-state index contributed by atoms with van der Waals surface area (Å²) < 4.78 is 68.2. The van der Waals surface area contributed by atoms with Crippen molar-refractivity contribution in [3.8, 4) is 0 Å². The van der Waals surface area contributed by atoms with Crippen molar-refractivity contribution in [2.24, 2.45) is 0 Å². The smallest absolute Gasteiger partial charge is 0.380 e. The molecule has 0 aromatic heterocycles. The fourth-order valence-corrected chi connectivity index (χ4v) is 3.95. The first-order chi connectivity index (χ1) is 8.83. The van der Waals surface area contributed by atoms with Gasteiger partial charge in [0.1, 0.15) is 0 Å². The molecule has 1 aromatic rings. The number of rotatable bonds is 2. The van der Waals surface area contributed by atoms with Crippen molar-refractivity contribution in [3.05, 3.63) is 29.8 Å². The summed E-state index contributed by atoms with van der Waals surface area (Å²) in [6, 6.07) is 4.27. The van der Waals surface area contributed by atoms with Gasteiger partial charge in [0.15, 0.2) is 9.84 Å². The molecule has 0 bridgehead atoms. The lowest BCUT2D eigenvalue weighted by Gasteiger charge is -2.23. The van der Waals surface area contributed by atoms with Crippen molar-refractivity contribution in [2.75, 3.05) is 13.2 Å². The van der Waals surface area contributed by atoms with E-state index in [1.807, 2.05) is 0 Å². The van der Waals surface area contributed by atoms with Crippen LogP contribution in [0.3, 0.4) is 0 Å². The van der Waals surface area contributed by atoms with E-state index in [0.29, 0.717) is 19.4 Å². The maximum absolute atomic E-state index is 12.9. The molecule has 7 heteroatoms. The highest BCUT2D eigenvalue weighted by Gasteiger charge is 2.39. The zero-order valence-electron chi connectivity index (χ0n) is 9.98. The quantitative estimate of drug-likeness (QED) is 0.842. The SMILES string of the molecule is O=S(=O)(c1ccccc1C(F)(F)F)C1CCCOC1. The molecule has 19 heavy (non-hydrogen) atoms. The fraction of sp³-hybridized carbons (Fsp3) is 0.500. The molecule has 1 atom stereocenters. The first-order valence-corrected chi connectivity index (χ1v) is 7.36. The topological polar surface area (TPSA) is 43.4 Å². The Balaban J connectivity index is 2.46. The first-order valence-electron chi connectivity index (χ1n) is 5.81. The Labute approximate surface area is 109 Å². The lowest BCUT2D eigenvalue weighted by molar-refractivity contribution is -0.139. The lowest BCUT2D eigenvalue weighted by Crippen LogP contribution is -2.32. The van der Waals surface area contributed by atoms with Crippen LogP contribution in [0.5, 0.6) is 0 Å². The Bertz CT molecular complexity index is 546. The standard InChI is InChI=1S/C12H13F3O3S/c13-12(14,15)10-5-1-2-6-11(10)19(16,17)9-4-3-7-18-8-9/h1-2,5-6,9H,3-4,7-8H2. The molecule has 0 radical (unpaired) electrons. The van der Waals surface area contributed by atoms with Crippen LogP contribution in [-0.4, -0.2) is 26.9 Å². The van der Waals surface area contributed by atoms with E-state index in [2.05, 4.69) is 0 Å². The van der Waals surface area contributed by atoms with Crippen LogP contribution in [0, 0.1) is 0 Å². The third-order valence-electron chi connectivity index (χ3n) is 3.06. The molecule has 1 saturated heterocycles. The summed E-state index contributed by atoms with van der Waals surface area (Å²) in [5.41, 5.74) is -1.11. The summed E-state index contributed by atoms with van der Waals surface area (Å²) in [6.45, 7) is 0.404. The molecule has 106 valence electrons. The zero-order valence-corrected chi connectivity index (χ0v) is 10.8. The minimum absolute atomic E-state index is 0.0471. The monoisotopic (exact) mass is 294 g/mol. The van der Waals surface area contributed by atoms with Gasteiger partial charge in [0.05, 0.1) is 22.3 Å². The molecule has 3 nitrogen and oxygen atoms in total. The number of ether oxygens (including phenoxy) is 1. The maximum atomic E-state index is 12.9. The van der Waals surface area contributed by atoms with Crippen LogP contribution in [0.25, 0.3) is 0 Å². The predicted octanol–water partition coefficient (Wildman–Crippen LogP) is 2.66. The molecule has 1 aromatic carbocycles. The second-order valence-electron chi connectivity index (χ2n) is 4.38. The summed E-state index contributed by atoms with van der Waals surface area (Å²) in [4.78, 5) is -0.655. The minimum Gasteiger partial charge on any atom is -0.380 e. The van der Waals surface area contributed by atoms with Crippen LogP contribution < -0.4 is 0 Å². The molecule has 2 rings (SSSR count). The van der Waals surface area contributed by atoms with Gasteiger partial charge in [-0.3, -0.25) is 0 Å². The van der Waals surface area contributed by atoms with Gasteiger partial charge in [-0.1, -0.05) is 12.1 Å². The lowest BCUT2D eigenvalue weighted by atomic mass is 10.2. The largest absolute Gasteiger partial charge is 0.417 e. The van der Waals surface area contributed by atoms with Crippen molar-refractivity contribution in [1.29, 1.82) is 0 Å². The van der Waals surface area contributed by atoms with Crippen LogP contribution >= 0.6 is 0 Å². The molecule has 0 aliphatic carbocycles. The highest BCUT2D eigenvalue weighted by molar-refractivity contribution is 7.92. The van der Waals surface area contributed by atoms with Crippen LogP contribution in [0.2, 0.25) is 0 Å². The van der Waals surface area contributed by atoms with Gasteiger partial charge in [-0.15, -0.1) is 0 Å². The average Bonchev–Trinajstić information content (AvgIpc) is 2.39. The number of halogens is 3. The normalized spacial score (nSPS) is 21.3. The third-order valence-corrected chi connectivity index (χ3v) is 5.27. The van der Waals surface area contributed by atoms with Crippen molar-refractivity contribution in [3.63, 3.8) is 0 Å². The number of benzene rings is 1. The third kappa shape index (κ3) is 2.92. The first kappa shape index (κ1) is 14.3. The summed E-state index contributed by atoms with van der Waals surface area (Å²) in [7, 11) is -4.02. The molecular weight excluding hydrogens is 281 g/mol. The zero-order chi connectivity index (χ0) is 14.1. The number of hydrogen-bond donors (Lipinski definition) is 0. The predicted molar refractivity (Wildman–Crippen MR) is 62.5 cm³/mol. The van der Waals surface area contributed by atoms with Gasteiger partial charge in [-0.2, -0.15) is 13.2 Å². The number of hydrogen-bond acceptors (Lipinski definition) is 3. The molecule has 0 spiro atoms. The van der Waals surface area contributed by atoms with Gasteiger partial charge < -0.3 is 4.74 Å². The van der Waals surface area contributed by atoms with Crippen molar-refractivity contribution in [2.45, 2.75) is 29.2 Å². The van der Waals surface area contributed by atoms with E-state index in [0.717, 1.165) is 12.1 Å². The van der Waals surface area contributed by atoms with Crippen molar-refractivity contribution >= 4 is 9.84 Å². The van der Waals surface area contributed by atoms with E-state index < -0.39 is 31.7 Å². The Morgan fingerprint density at radius 3 is 2.47 bits per heavy atom. The van der Waals surface area contributed by atoms with Crippen molar-refractivity contribution in [1.82, 2.24) is 0 Å². The fourth-order valence-electron chi connectivity index (χ4n) is 2.08. The van der Waals surface area contributed by atoms with E-state index in [1.165, 1.54) is 12.1 Å². The Morgan fingerprint density at radius 1 is 1.21 bits per heavy atom. The summed E-state index contributed by atoms with van der Waals surface area (Å²) >= 11 is 0. The van der Waals surface area contributed by atoms with E-state index in [-0.39, 0.29) is 6.61 Å².